The van der Waals surface area contributed by atoms with Gasteiger partial charge in [0.05, 0.1) is 5.69 Å². The molecule has 0 aliphatic heterocycles. The van der Waals surface area contributed by atoms with E-state index in [4.69, 9.17) is 0 Å². The van der Waals surface area contributed by atoms with Crippen LogP contribution >= 0.6 is 11.3 Å². The summed E-state index contributed by atoms with van der Waals surface area (Å²) in [7, 11) is 0. The lowest BCUT2D eigenvalue weighted by molar-refractivity contribution is -0.138. The molecule has 1 atom stereocenters. The van der Waals surface area contributed by atoms with Crippen molar-refractivity contribution in [3.05, 3.63) is 58.9 Å². The molecule has 2 heterocycles. The van der Waals surface area contributed by atoms with E-state index in [1.807, 2.05) is 42.6 Å². The first-order chi connectivity index (χ1) is 10.2. The molecule has 0 radical (unpaired) electrons. The van der Waals surface area contributed by atoms with Crippen molar-refractivity contribution in [2.45, 2.75) is 19.3 Å². The molecule has 3 aromatic rings. The number of hydrogen-bond donors (Lipinski definition) is 1. The number of fused-ring (bicyclic) bond motifs is 1. The number of carbonyl (C=O) groups is 1. The van der Waals surface area contributed by atoms with E-state index >= 15 is 0 Å². The Morgan fingerprint density at radius 2 is 2.10 bits per heavy atom. The van der Waals surface area contributed by atoms with Gasteiger partial charge < -0.3 is 5.11 Å². The number of rotatable bonds is 4. The molecule has 0 aliphatic carbocycles. The maximum Gasteiger partial charge on any atom is 0.312 e. The van der Waals surface area contributed by atoms with Gasteiger partial charge in [0.2, 0.25) is 0 Å². The molecule has 0 spiro atoms. The van der Waals surface area contributed by atoms with Crippen LogP contribution in [0.3, 0.4) is 0 Å². The summed E-state index contributed by atoms with van der Waals surface area (Å²) in [5.41, 5.74) is 2.73. The summed E-state index contributed by atoms with van der Waals surface area (Å²) < 4.78 is 0. The van der Waals surface area contributed by atoms with Crippen LogP contribution in [0.5, 0.6) is 0 Å². The van der Waals surface area contributed by atoms with Gasteiger partial charge in [-0.2, -0.15) is 0 Å². The molecule has 3 rings (SSSR count). The van der Waals surface area contributed by atoms with Crippen molar-refractivity contribution in [1.82, 2.24) is 9.97 Å². The minimum atomic E-state index is -0.857. The summed E-state index contributed by atoms with van der Waals surface area (Å²) in [6.07, 6.45) is 1.88. The van der Waals surface area contributed by atoms with Crippen molar-refractivity contribution in [1.29, 1.82) is 0 Å². The fourth-order valence-electron chi connectivity index (χ4n) is 2.45. The predicted molar refractivity (Wildman–Crippen MR) is 82.7 cm³/mol. The van der Waals surface area contributed by atoms with Gasteiger partial charge in [0.25, 0.3) is 0 Å². The molecule has 0 fully saturated rings. The van der Waals surface area contributed by atoms with Crippen molar-refractivity contribution in [2.24, 2.45) is 0 Å². The van der Waals surface area contributed by atoms with E-state index in [2.05, 4.69) is 9.97 Å². The summed E-state index contributed by atoms with van der Waals surface area (Å²) in [6.45, 7) is 1.99. The van der Waals surface area contributed by atoms with Crippen LogP contribution in [0.2, 0.25) is 0 Å². The molecule has 0 bridgehead atoms. The van der Waals surface area contributed by atoms with E-state index in [9.17, 15) is 9.90 Å². The molecule has 21 heavy (non-hydrogen) atoms. The first-order valence-corrected chi connectivity index (χ1v) is 7.50. The zero-order valence-corrected chi connectivity index (χ0v) is 12.3. The van der Waals surface area contributed by atoms with Gasteiger partial charge >= 0.3 is 5.97 Å². The van der Waals surface area contributed by atoms with Crippen molar-refractivity contribution in [3.63, 3.8) is 0 Å². The highest BCUT2D eigenvalue weighted by Gasteiger charge is 2.25. The molecule has 5 heteroatoms. The number of carboxylic acid groups (broad SMARTS) is 1. The van der Waals surface area contributed by atoms with Crippen LogP contribution in [0.25, 0.3) is 10.2 Å². The Kier molecular flexibility index (Phi) is 3.66. The molecule has 1 aromatic carbocycles. The van der Waals surface area contributed by atoms with E-state index in [0.29, 0.717) is 12.1 Å². The van der Waals surface area contributed by atoms with Crippen LogP contribution in [-0.2, 0) is 11.2 Å². The van der Waals surface area contributed by atoms with Gasteiger partial charge in [0.1, 0.15) is 17.1 Å². The van der Waals surface area contributed by atoms with Crippen LogP contribution in [0.15, 0.2) is 42.0 Å². The third-order valence-corrected chi connectivity index (χ3v) is 4.43. The normalized spacial score (nSPS) is 12.4. The Hall–Kier alpha value is -2.27. The maximum atomic E-state index is 11.7. The summed E-state index contributed by atoms with van der Waals surface area (Å²) >= 11 is 1.50. The Morgan fingerprint density at radius 3 is 2.86 bits per heavy atom. The second-order valence-electron chi connectivity index (χ2n) is 4.92. The summed E-state index contributed by atoms with van der Waals surface area (Å²) in [5, 5.41) is 12.4. The van der Waals surface area contributed by atoms with E-state index in [0.717, 1.165) is 21.3 Å². The lowest BCUT2D eigenvalue weighted by atomic mass is 9.92. The third kappa shape index (κ3) is 2.64. The fourth-order valence-corrected chi connectivity index (χ4v) is 3.19. The average molecular weight is 298 g/mol. The SMILES string of the molecule is Cc1ccccc1CC(C(=O)O)c1ncnc2sccc12. The quantitative estimate of drug-likeness (QED) is 0.801. The standard InChI is InChI=1S/C16H14N2O2S/c1-10-4-2-3-5-11(10)8-13(16(19)20)14-12-6-7-21-15(12)18-9-17-14/h2-7,9,13H,8H2,1H3,(H,19,20). The topological polar surface area (TPSA) is 63.1 Å². The lowest BCUT2D eigenvalue weighted by Crippen LogP contribution is -2.16. The summed E-state index contributed by atoms with van der Waals surface area (Å²) in [6, 6.07) is 9.74. The third-order valence-electron chi connectivity index (χ3n) is 3.61. The number of carboxylic acids is 1. The number of hydrogen-bond acceptors (Lipinski definition) is 4. The molecular formula is C16H14N2O2S. The van der Waals surface area contributed by atoms with E-state index < -0.39 is 11.9 Å². The molecule has 4 nitrogen and oxygen atoms in total. The highest BCUT2D eigenvalue weighted by molar-refractivity contribution is 7.16. The first-order valence-electron chi connectivity index (χ1n) is 6.62. The maximum absolute atomic E-state index is 11.7. The number of thiophene rings is 1. The smallest absolute Gasteiger partial charge is 0.312 e. The predicted octanol–water partition coefficient (Wildman–Crippen LogP) is 3.41. The van der Waals surface area contributed by atoms with Crippen LogP contribution in [0.1, 0.15) is 22.7 Å². The van der Waals surface area contributed by atoms with Gasteiger partial charge in [0.15, 0.2) is 0 Å². The minimum Gasteiger partial charge on any atom is -0.481 e. The Balaban J connectivity index is 2.05. The van der Waals surface area contributed by atoms with Gasteiger partial charge in [-0.05, 0) is 35.9 Å². The van der Waals surface area contributed by atoms with E-state index in [-0.39, 0.29) is 0 Å². The van der Waals surface area contributed by atoms with Gasteiger partial charge in [-0.3, -0.25) is 4.79 Å². The number of aryl methyl sites for hydroxylation is 1. The molecule has 2 aromatic heterocycles. The fraction of sp³-hybridized carbons (Fsp3) is 0.188. The van der Waals surface area contributed by atoms with Crippen LogP contribution in [0, 0.1) is 6.92 Å². The van der Waals surface area contributed by atoms with Crippen molar-refractivity contribution >= 4 is 27.5 Å². The molecule has 1 N–H and O–H groups in total. The molecule has 106 valence electrons. The van der Waals surface area contributed by atoms with Gasteiger partial charge in [-0.15, -0.1) is 11.3 Å². The first kappa shape index (κ1) is 13.7. The summed E-state index contributed by atoms with van der Waals surface area (Å²) in [5.74, 6) is -1.52. The molecular weight excluding hydrogens is 284 g/mol. The van der Waals surface area contributed by atoms with Crippen LogP contribution in [0.4, 0.5) is 0 Å². The molecule has 0 saturated heterocycles. The second-order valence-corrected chi connectivity index (χ2v) is 5.81. The second kappa shape index (κ2) is 5.61. The highest BCUT2D eigenvalue weighted by Crippen LogP contribution is 2.29. The van der Waals surface area contributed by atoms with Crippen molar-refractivity contribution in [2.75, 3.05) is 0 Å². The number of aromatic nitrogens is 2. The zero-order chi connectivity index (χ0) is 14.8. The molecule has 1 unspecified atom stereocenters. The van der Waals surface area contributed by atoms with Crippen LogP contribution < -0.4 is 0 Å². The number of nitrogens with zero attached hydrogens (tertiary/aromatic N) is 2. The van der Waals surface area contributed by atoms with Crippen molar-refractivity contribution < 1.29 is 9.90 Å². The molecule has 0 saturated carbocycles. The number of aliphatic carboxylic acids is 1. The Labute approximate surface area is 126 Å². The number of benzene rings is 1. The zero-order valence-electron chi connectivity index (χ0n) is 11.5. The lowest BCUT2D eigenvalue weighted by Gasteiger charge is -2.14. The van der Waals surface area contributed by atoms with E-state index in [1.54, 1.807) is 0 Å². The van der Waals surface area contributed by atoms with Crippen molar-refractivity contribution in [3.8, 4) is 0 Å². The molecule has 0 aliphatic rings. The average Bonchev–Trinajstić information content (AvgIpc) is 2.94. The van der Waals surface area contributed by atoms with Gasteiger partial charge in [0, 0.05) is 5.39 Å². The highest BCUT2D eigenvalue weighted by atomic mass is 32.1. The molecule has 0 amide bonds. The Morgan fingerprint density at radius 1 is 1.29 bits per heavy atom. The minimum absolute atomic E-state index is 0.434. The van der Waals surface area contributed by atoms with E-state index in [1.165, 1.54) is 17.7 Å². The van der Waals surface area contributed by atoms with Gasteiger partial charge in [-0.1, -0.05) is 24.3 Å². The monoisotopic (exact) mass is 298 g/mol. The summed E-state index contributed by atoms with van der Waals surface area (Å²) in [4.78, 5) is 21.0. The van der Waals surface area contributed by atoms with Gasteiger partial charge in [-0.25, -0.2) is 9.97 Å². The largest absolute Gasteiger partial charge is 0.481 e. The Bertz CT molecular complexity index is 798. The van der Waals surface area contributed by atoms with Crippen LogP contribution in [-0.4, -0.2) is 21.0 Å².